The number of hydrogen-bond acceptors (Lipinski definition) is 5. The second-order valence-corrected chi connectivity index (χ2v) is 5.18. The van der Waals surface area contributed by atoms with E-state index in [1.165, 1.54) is 12.2 Å². The van der Waals surface area contributed by atoms with Gasteiger partial charge >= 0.3 is 0 Å². The third kappa shape index (κ3) is 2.91. The second-order valence-electron chi connectivity index (χ2n) is 3.37. The minimum atomic E-state index is -0.101. The van der Waals surface area contributed by atoms with E-state index in [0.717, 1.165) is 15.6 Å². The van der Waals surface area contributed by atoms with Crippen molar-refractivity contribution in [3.63, 3.8) is 0 Å². The number of likely N-dealkylation sites (N-methyl/N-ethyl adjacent to an activating group) is 1. The Morgan fingerprint density at radius 1 is 1.53 bits per heavy atom. The quantitative estimate of drug-likeness (QED) is 0.800. The van der Waals surface area contributed by atoms with Crippen molar-refractivity contribution in [1.29, 1.82) is 0 Å². The van der Waals surface area contributed by atoms with E-state index >= 15 is 0 Å². The van der Waals surface area contributed by atoms with Gasteiger partial charge in [-0.1, -0.05) is 6.07 Å². The summed E-state index contributed by atoms with van der Waals surface area (Å²) in [5.41, 5.74) is 0.785. The highest BCUT2D eigenvalue weighted by Gasteiger charge is 2.12. The van der Waals surface area contributed by atoms with Crippen molar-refractivity contribution >= 4 is 28.6 Å². The van der Waals surface area contributed by atoms with Crippen molar-refractivity contribution in [2.45, 2.75) is 6.42 Å². The van der Waals surface area contributed by atoms with E-state index in [0.29, 0.717) is 0 Å². The Morgan fingerprint density at radius 2 is 2.35 bits per heavy atom. The van der Waals surface area contributed by atoms with Gasteiger partial charge in [-0.3, -0.25) is 9.63 Å². The van der Waals surface area contributed by atoms with Gasteiger partial charge in [-0.25, -0.2) is 10.0 Å². The van der Waals surface area contributed by atoms with E-state index < -0.39 is 0 Å². The molecule has 2 aromatic rings. The number of nitrogens with zero attached hydrogens (tertiary/aromatic N) is 2. The van der Waals surface area contributed by atoms with Crippen LogP contribution in [0, 0.1) is 0 Å². The molecule has 0 spiro atoms. The van der Waals surface area contributed by atoms with E-state index in [9.17, 15) is 4.79 Å². The zero-order valence-corrected chi connectivity index (χ0v) is 11.2. The monoisotopic (exact) mass is 268 g/mol. The molecule has 0 unspecified atom stereocenters. The lowest BCUT2D eigenvalue weighted by atomic mass is 10.3. The molecule has 0 aliphatic carbocycles. The first-order valence-corrected chi connectivity index (χ1v) is 6.75. The predicted molar refractivity (Wildman–Crippen MR) is 68.9 cm³/mol. The van der Waals surface area contributed by atoms with Gasteiger partial charge in [0, 0.05) is 12.4 Å². The van der Waals surface area contributed by atoms with Crippen molar-refractivity contribution in [3.05, 3.63) is 28.6 Å². The summed E-state index contributed by atoms with van der Waals surface area (Å²) in [6.45, 7) is 0. The molecule has 1 amide bonds. The van der Waals surface area contributed by atoms with Crippen molar-refractivity contribution < 1.29 is 9.63 Å². The van der Waals surface area contributed by atoms with Crippen molar-refractivity contribution in [3.8, 4) is 9.88 Å². The van der Waals surface area contributed by atoms with Crippen LogP contribution in [0.25, 0.3) is 9.88 Å². The standard InChI is InChI=1S/C11H12N2O2S2/c1-13(15-2)10(14)6-8-7-17-11(12-8)9-4-3-5-16-9/h3-5,7H,6H2,1-2H3. The van der Waals surface area contributed by atoms with Gasteiger partial charge < -0.3 is 0 Å². The summed E-state index contributed by atoms with van der Waals surface area (Å²) in [5, 5.41) is 6.10. The Balaban J connectivity index is 2.07. The molecule has 6 heteroatoms. The Hall–Kier alpha value is -1.24. The summed E-state index contributed by atoms with van der Waals surface area (Å²) in [6, 6.07) is 4.02. The number of hydroxylamine groups is 2. The van der Waals surface area contributed by atoms with E-state index in [1.807, 2.05) is 22.9 Å². The number of rotatable bonds is 4. The number of hydrogen-bond donors (Lipinski definition) is 0. The number of thiazole rings is 1. The average Bonchev–Trinajstić information content (AvgIpc) is 2.97. The maximum atomic E-state index is 11.6. The van der Waals surface area contributed by atoms with Gasteiger partial charge in [-0.15, -0.1) is 22.7 Å². The number of carbonyl (C=O) groups is 1. The van der Waals surface area contributed by atoms with Crippen LogP contribution in [-0.2, 0) is 16.1 Å². The van der Waals surface area contributed by atoms with E-state index in [1.54, 1.807) is 29.7 Å². The molecule has 0 radical (unpaired) electrons. The molecule has 0 fully saturated rings. The van der Waals surface area contributed by atoms with Gasteiger partial charge in [0.2, 0.25) is 0 Å². The molecular weight excluding hydrogens is 256 g/mol. The van der Waals surface area contributed by atoms with Crippen molar-refractivity contribution in [1.82, 2.24) is 10.0 Å². The van der Waals surface area contributed by atoms with Crippen molar-refractivity contribution in [2.75, 3.05) is 14.2 Å². The van der Waals surface area contributed by atoms with Crippen LogP contribution in [0.1, 0.15) is 5.69 Å². The smallest absolute Gasteiger partial charge is 0.251 e. The molecule has 0 atom stereocenters. The first-order chi connectivity index (χ1) is 8.20. The highest BCUT2D eigenvalue weighted by atomic mass is 32.1. The summed E-state index contributed by atoms with van der Waals surface area (Å²) in [6.07, 6.45) is 0.270. The van der Waals surface area contributed by atoms with Crippen LogP contribution in [0.5, 0.6) is 0 Å². The lowest BCUT2D eigenvalue weighted by Gasteiger charge is -2.12. The molecular formula is C11H12N2O2S2. The number of thiophene rings is 1. The molecule has 2 rings (SSSR count). The molecule has 90 valence electrons. The molecule has 0 saturated heterocycles. The Kier molecular flexibility index (Phi) is 3.88. The zero-order valence-electron chi connectivity index (χ0n) is 9.54. The highest BCUT2D eigenvalue weighted by molar-refractivity contribution is 7.20. The zero-order chi connectivity index (χ0) is 12.3. The molecule has 0 aliphatic heterocycles. The van der Waals surface area contributed by atoms with E-state index in [4.69, 9.17) is 4.84 Å². The highest BCUT2D eigenvalue weighted by Crippen LogP contribution is 2.27. The molecule has 0 bridgehead atoms. The van der Waals surface area contributed by atoms with Gasteiger partial charge in [0.1, 0.15) is 5.01 Å². The number of carbonyl (C=O) groups excluding carboxylic acids is 1. The van der Waals surface area contributed by atoms with Crippen molar-refractivity contribution in [2.24, 2.45) is 0 Å². The summed E-state index contributed by atoms with van der Waals surface area (Å²) < 4.78 is 0. The molecule has 4 nitrogen and oxygen atoms in total. The lowest BCUT2D eigenvalue weighted by molar-refractivity contribution is -0.167. The SMILES string of the molecule is CON(C)C(=O)Cc1csc(-c2cccs2)n1. The van der Waals surface area contributed by atoms with Crippen LogP contribution in [-0.4, -0.2) is 30.1 Å². The largest absolute Gasteiger partial charge is 0.275 e. The first-order valence-electron chi connectivity index (χ1n) is 4.99. The maximum Gasteiger partial charge on any atom is 0.251 e. The maximum absolute atomic E-state index is 11.6. The van der Waals surface area contributed by atoms with Crippen LogP contribution in [0.15, 0.2) is 22.9 Å². The summed E-state index contributed by atoms with van der Waals surface area (Å²) in [7, 11) is 3.06. The van der Waals surface area contributed by atoms with E-state index in [-0.39, 0.29) is 12.3 Å². The van der Waals surface area contributed by atoms with Crippen LogP contribution in [0.2, 0.25) is 0 Å². The fourth-order valence-corrected chi connectivity index (χ4v) is 2.90. The molecule has 2 aromatic heterocycles. The van der Waals surface area contributed by atoms with Crippen LogP contribution < -0.4 is 0 Å². The molecule has 0 aromatic carbocycles. The van der Waals surface area contributed by atoms with Crippen LogP contribution in [0.4, 0.5) is 0 Å². The summed E-state index contributed by atoms with van der Waals surface area (Å²) in [4.78, 5) is 22.0. The predicted octanol–water partition coefficient (Wildman–Crippen LogP) is 2.43. The average molecular weight is 268 g/mol. The Bertz CT molecular complexity index is 493. The molecule has 17 heavy (non-hydrogen) atoms. The Morgan fingerprint density at radius 3 is 3.00 bits per heavy atom. The summed E-state index contributed by atoms with van der Waals surface area (Å²) >= 11 is 3.20. The molecule has 0 aliphatic rings. The normalized spacial score (nSPS) is 10.5. The minimum Gasteiger partial charge on any atom is -0.275 e. The number of aromatic nitrogens is 1. The second kappa shape index (κ2) is 5.39. The lowest BCUT2D eigenvalue weighted by Crippen LogP contribution is -2.27. The number of amides is 1. The fraction of sp³-hybridized carbons (Fsp3) is 0.273. The van der Waals surface area contributed by atoms with Gasteiger partial charge in [-0.05, 0) is 11.4 Å². The summed E-state index contributed by atoms with van der Waals surface area (Å²) in [5.74, 6) is -0.101. The Labute approximate surface area is 107 Å². The van der Waals surface area contributed by atoms with Crippen LogP contribution in [0.3, 0.4) is 0 Å². The van der Waals surface area contributed by atoms with Gasteiger partial charge in [0.15, 0.2) is 0 Å². The fourth-order valence-electron chi connectivity index (χ4n) is 1.27. The minimum absolute atomic E-state index is 0.101. The third-order valence-electron chi connectivity index (χ3n) is 2.24. The van der Waals surface area contributed by atoms with E-state index in [2.05, 4.69) is 4.98 Å². The topological polar surface area (TPSA) is 42.4 Å². The molecule has 2 heterocycles. The third-order valence-corrected chi connectivity index (χ3v) is 4.17. The molecule has 0 N–H and O–H groups in total. The van der Waals surface area contributed by atoms with Gasteiger partial charge in [-0.2, -0.15) is 0 Å². The first kappa shape index (κ1) is 12.2. The van der Waals surface area contributed by atoms with Crippen LogP contribution >= 0.6 is 22.7 Å². The molecule has 0 saturated carbocycles. The van der Waals surface area contributed by atoms with Gasteiger partial charge in [0.05, 0.1) is 24.1 Å². The van der Waals surface area contributed by atoms with Gasteiger partial charge in [0.25, 0.3) is 5.91 Å².